The van der Waals surface area contributed by atoms with E-state index in [0.717, 1.165) is 4.47 Å². The van der Waals surface area contributed by atoms with Gasteiger partial charge in [0.1, 0.15) is 23.6 Å². The lowest BCUT2D eigenvalue weighted by atomic mass is 10.2. The number of aromatic carboxylic acids is 1. The molecule has 2 aromatic rings. The van der Waals surface area contributed by atoms with E-state index in [9.17, 15) is 4.79 Å². The quantitative estimate of drug-likeness (QED) is 0.890. The zero-order valence-electron chi connectivity index (χ0n) is 9.91. The van der Waals surface area contributed by atoms with E-state index in [-0.39, 0.29) is 12.2 Å². The Labute approximate surface area is 122 Å². The van der Waals surface area contributed by atoms with Crippen molar-refractivity contribution in [1.29, 1.82) is 0 Å². The number of rotatable bonds is 4. The van der Waals surface area contributed by atoms with Gasteiger partial charge in [-0.15, -0.1) is 0 Å². The Kier molecular flexibility index (Phi) is 4.11. The van der Waals surface area contributed by atoms with Crippen molar-refractivity contribution in [2.75, 3.05) is 0 Å². The minimum atomic E-state index is -1.04. The summed E-state index contributed by atoms with van der Waals surface area (Å²) in [5, 5.41) is 16.1. The van der Waals surface area contributed by atoms with Gasteiger partial charge in [-0.25, -0.2) is 4.79 Å². The van der Waals surface area contributed by atoms with Crippen LogP contribution in [0.4, 0.5) is 0 Å². The van der Waals surface area contributed by atoms with Gasteiger partial charge in [-0.2, -0.15) is 5.10 Å². The fourth-order valence-corrected chi connectivity index (χ4v) is 2.33. The van der Waals surface area contributed by atoms with Gasteiger partial charge in [0.2, 0.25) is 0 Å². The number of hydrogen-bond donors (Lipinski definition) is 2. The minimum absolute atomic E-state index is 0.0350. The van der Waals surface area contributed by atoms with Crippen LogP contribution in [0, 0.1) is 6.92 Å². The van der Waals surface area contributed by atoms with Gasteiger partial charge in [-0.3, -0.25) is 5.10 Å². The van der Waals surface area contributed by atoms with Crippen LogP contribution in [0.5, 0.6) is 5.75 Å². The van der Waals surface area contributed by atoms with Gasteiger partial charge in [0.15, 0.2) is 0 Å². The highest BCUT2D eigenvalue weighted by Gasteiger charge is 2.17. The summed E-state index contributed by atoms with van der Waals surface area (Å²) in [7, 11) is 0. The zero-order valence-corrected chi connectivity index (χ0v) is 12.2. The second-order valence-corrected chi connectivity index (χ2v) is 5.16. The molecular formula is C12H10BrClN2O3. The predicted molar refractivity (Wildman–Crippen MR) is 73.8 cm³/mol. The number of carboxylic acids is 1. The summed E-state index contributed by atoms with van der Waals surface area (Å²) < 4.78 is 6.32. The van der Waals surface area contributed by atoms with E-state index in [1.165, 1.54) is 0 Å². The Morgan fingerprint density at radius 1 is 1.58 bits per heavy atom. The monoisotopic (exact) mass is 344 g/mol. The third-order valence-electron chi connectivity index (χ3n) is 2.49. The first-order valence-electron chi connectivity index (χ1n) is 5.34. The van der Waals surface area contributed by atoms with Gasteiger partial charge in [0, 0.05) is 10.2 Å². The molecule has 0 aliphatic rings. The van der Waals surface area contributed by atoms with Crippen molar-refractivity contribution in [3.63, 3.8) is 0 Å². The van der Waals surface area contributed by atoms with E-state index in [0.29, 0.717) is 22.2 Å². The second-order valence-electron chi connectivity index (χ2n) is 3.84. The van der Waals surface area contributed by atoms with Crippen LogP contribution in [0.3, 0.4) is 0 Å². The Hall–Kier alpha value is -1.53. The number of carboxylic acid groups (broad SMARTS) is 1. The van der Waals surface area contributed by atoms with Gasteiger partial charge < -0.3 is 9.84 Å². The average Bonchev–Trinajstić information content (AvgIpc) is 2.69. The summed E-state index contributed by atoms with van der Waals surface area (Å²) in [4.78, 5) is 11.1. The maximum absolute atomic E-state index is 11.1. The van der Waals surface area contributed by atoms with Crippen LogP contribution in [0.2, 0.25) is 5.02 Å². The van der Waals surface area contributed by atoms with Crippen LogP contribution in [-0.2, 0) is 6.61 Å². The third kappa shape index (κ3) is 3.08. The average molecular weight is 346 g/mol. The number of aromatic amines is 1. The molecule has 0 atom stereocenters. The molecule has 0 bridgehead atoms. The van der Waals surface area contributed by atoms with Crippen LogP contribution in [0.15, 0.2) is 22.7 Å². The van der Waals surface area contributed by atoms with Crippen LogP contribution in [-0.4, -0.2) is 21.3 Å². The molecule has 1 aromatic carbocycles. The molecule has 0 spiro atoms. The number of H-pyrrole nitrogens is 1. The van der Waals surface area contributed by atoms with E-state index in [4.69, 9.17) is 21.4 Å². The lowest BCUT2D eigenvalue weighted by molar-refractivity contribution is 0.0693. The number of ether oxygens (including phenoxy) is 1. The van der Waals surface area contributed by atoms with Crippen molar-refractivity contribution in [2.24, 2.45) is 0 Å². The molecular weight excluding hydrogens is 336 g/mol. The van der Waals surface area contributed by atoms with Gasteiger partial charge in [0.05, 0.1) is 5.02 Å². The highest BCUT2D eigenvalue weighted by molar-refractivity contribution is 9.10. The van der Waals surface area contributed by atoms with Crippen LogP contribution in [0.25, 0.3) is 0 Å². The van der Waals surface area contributed by atoms with Crippen molar-refractivity contribution < 1.29 is 14.6 Å². The summed E-state index contributed by atoms with van der Waals surface area (Å²) >= 11 is 9.29. The highest BCUT2D eigenvalue weighted by atomic mass is 79.9. The standard InChI is InChI=1S/C12H10BrClN2O3/c1-6-11(12(17)18)9(16-15-6)5-19-10-3-2-7(13)4-8(10)14/h2-4H,5H2,1H3,(H,15,16)(H,17,18). The van der Waals surface area contributed by atoms with E-state index < -0.39 is 5.97 Å². The molecule has 0 saturated heterocycles. The third-order valence-corrected chi connectivity index (χ3v) is 3.28. The Bertz CT molecular complexity index is 627. The first kappa shape index (κ1) is 13.9. The zero-order chi connectivity index (χ0) is 14.0. The van der Waals surface area contributed by atoms with Gasteiger partial charge in [-0.05, 0) is 25.1 Å². The smallest absolute Gasteiger partial charge is 0.339 e. The summed E-state index contributed by atoms with van der Waals surface area (Å²) in [6.45, 7) is 1.68. The maximum Gasteiger partial charge on any atom is 0.339 e. The molecule has 1 aromatic heterocycles. The predicted octanol–water partition coefficient (Wildman–Crippen LogP) is 3.41. The first-order chi connectivity index (χ1) is 8.99. The molecule has 100 valence electrons. The number of carbonyl (C=O) groups is 1. The fraction of sp³-hybridized carbons (Fsp3) is 0.167. The summed E-state index contributed by atoms with van der Waals surface area (Å²) in [6, 6.07) is 5.19. The van der Waals surface area contributed by atoms with E-state index in [1.54, 1.807) is 25.1 Å². The topological polar surface area (TPSA) is 75.2 Å². The minimum Gasteiger partial charge on any atom is -0.486 e. The molecule has 0 fully saturated rings. The molecule has 0 radical (unpaired) electrons. The number of hydrogen-bond acceptors (Lipinski definition) is 3. The van der Waals surface area contributed by atoms with Crippen LogP contribution < -0.4 is 4.74 Å². The molecule has 1 heterocycles. The fourth-order valence-electron chi connectivity index (χ4n) is 1.61. The molecule has 0 aliphatic carbocycles. The molecule has 0 unspecified atom stereocenters. The lowest BCUT2D eigenvalue weighted by Crippen LogP contribution is -2.05. The van der Waals surface area contributed by atoms with Gasteiger partial charge >= 0.3 is 5.97 Å². The lowest BCUT2D eigenvalue weighted by Gasteiger charge is -2.07. The van der Waals surface area contributed by atoms with Crippen molar-refractivity contribution in [3.8, 4) is 5.75 Å². The van der Waals surface area contributed by atoms with E-state index >= 15 is 0 Å². The van der Waals surface area contributed by atoms with Crippen molar-refractivity contribution in [3.05, 3.63) is 44.6 Å². The number of nitrogens with zero attached hydrogens (tertiary/aromatic N) is 1. The SMILES string of the molecule is Cc1[nH]nc(COc2ccc(Br)cc2Cl)c1C(=O)O. The summed E-state index contributed by atoms with van der Waals surface area (Å²) in [5.41, 5.74) is 0.963. The first-order valence-corrected chi connectivity index (χ1v) is 6.51. The van der Waals surface area contributed by atoms with Gasteiger partial charge in [-0.1, -0.05) is 27.5 Å². The highest BCUT2D eigenvalue weighted by Crippen LogP contribution is 2.28. The number of nitrogens with one attached hydrogen (secondary N) is 1. The number of halogens is 2. The number of aromatic nitrogens is 2. The summed E-state index contributed by atoms with van der Waals surface area (Å²) in [5.74, 6) is -0.561. The Morgan fingerprint density at radius 3 is 2.95 bits per heavy atom. The Balaban J connectivity index is 2.17. The van der Waals surface area contributed by atoms with Crippen molar-refractivity contribution in [1.82, 2.24) is 10.2 Å². The van der Waals surface area contributed by atoms with Crippen LogP contribution in [0.1, 0.15) is 21.7 Å². The molecule has 2 rings (SSSR count). The van der Waals surface area contributed by atoms with Crippen LogP contribution >= 0.6 is 27.5 Å². The summed E-state index contributed by atoms with van der Waals surface area (Å²) in [6.07, 6.45) is 0. The molecule has 7 heteroatoms. The van der Waals surface area contributed by atoms with Crippen molar-refractivity contribution >= 4 is 33.5 Å². The molecule has 0 amide bonds. The Morgan fingerprint density at radius 2 is 2.32 bits per heavy atom. The normalized spacial score (nSPS) is 10.5. The van der Waals surface area contributed by atoms with Crippen molar-refractivity contribution in [2.45, 2.75) is 13.5 Å². The second kappa shape index (κ2) is 5.63. The molecule has 0 aliphatic heterocycles. The molecule has 5 nitrogen and oxygen atoms in total. The largest absolute Gasteiger partial charge is 0.486 e. The van der Waals surface area contributed by atoms with Gasteiger partial charge in [0.25, 0.3) is 0 Å². The van der Waals surface area contributed by atoms with E-state index in [2.05, 4.69) is 26.1 Å². The molecule has 2 N–H and O–H groups in total. The maximum atomic E-state index is 11.1. The number of aryl methyl sites for hydroxylation is 1. The molecule has 19 heavy (non-hydrogen) atoms. The van der Waals surface area contributed by atoms with E-state index in [1.807, 2.05) is 0 Å². The molecule has 0 saturated carbocycles. The number of benzene rings is 1.